The quantitative estimate of drug-likeness (QED) is 0.478. The van der Waals surface area contributed by atoms with Crippen molar-refractivity contribution in [2.45, 2.75) is 57.7 Å². The normalized spacial score (nSPS) is 20.0. The number of carbonyl (C=O) groups is 2. The summed E-state index contributed by atoms with van der Waals surface area (Å²) in [7, 11) is -3.99. The molecule has 3 rings (SSSR count). The van der Waals surface area contributed by atoms with Crippen LogP contribution in [0.25, 0.3) is 0 Å². The minimum absolute atomic E-state index is 0.0681. The number of hydrogen-bond donors (Lipinski definition) is 3. The fraction of sp³-hybridized carbons (Fsp3) is 0.409. The van der Waals surface area contributed by atoms with Crippen molar-refractivity contribution in [3.05, 3.63) is 57.8 Å². The van der Waals surface area contributed by atoms with Gasteiger partial charge in [0.25, 0.3) is 16.1 Å². The van der Waals surface area contributed by atoms with E-state index in [-0.39, 0.29) is 34.1 Å². The van der Waals surface area contributed by atoms with E-state index in [1.165, 1.54) is 16.7 Å². The average Bonchev–Trinajstić information content (AvgIpc) is 2.74. The Balaban J connectivity index is 1.70. The molecular formula is C22H26Cl2N4O5S. The zero-order chi connectivity index (χ0) is 25.0. The molecule has 0 aliphatic carbocycles. The maximum absolute atomic E-state index is 13.0. The topological polar surface area (TPSA) is 129 Å². The number of nitrogens with zero attached hydrogens (tertiary/aromatic N) is 2. The molecule has 1 saturated heterocycles. The third-order valence-corrected chi connectivity index (χ3v) is 8.14. The molecule has 12 heteroatoms. The molecule has 1 aromatic heterocycles. The number of rotatable bonds is 8. The smallest absolute Gasteiger partial charge is 0.322 e. The van der Waals surface area contributed by atoms with Crippen molar-refractivity contribution >= 4 is 51.0 Å². The number of piperidine rings is 1. The lowest BCUT2D eigenvalue weighted by Crippen LogP contribution is -2.55. The number of hydrogen-bond acceptors (Lipinski definition) is 5. The second kappa shape index (κ2) is 11.0. The fourth-order valence-electron chi connectivity index (χ4n) is 4.07. The maximum Gasteiger partial charge on any atom is 0.322 e. The minimum atomic E-state index is -3.99. The van der Waals surface area contributed by atoms with E-state index >= 15 is 0 Å². The van der Waals surface area contributed by atoms with Crippen molar-refractivity contribution in [1.29, 1.82) is 0 Å². The number of aromatic nitrogens is 1. The van der Waals surface area contributed by atoms with Crippen LogP contribution in [-0.2, 0) is 21.4 Å². The molecular weight excluding hydrogens is 503 g/mol. The molecule has 0 saturated carbocycles. The number of carboxylic acid groups (broad SMARTS) is 1. The van der Waals surface area contributed by atoms with Gasteiger partial charge < -0.3 is 10.4 Å². The van der Waals surface area contributed by atoms with E-state index in [2.05, 4.69) is 15.0 Å². The highest BCUT2D eigenvalue weighted by Gasteiger charge is 2.37. The first-order valence-electron chi connectivity index (χ1n) is 10.7. The van der Waals surface area contributed by atoms with E-state index < -0.39 is 28.1 Å². The van der Waals surface area contributed by atoms with Crippen molar-refractivity contribution in [2.75, 3.05) is 5.32 Å². The lowest BCUT2D eigenvalue weighted by molar-refractivity contribution is -0.139. The van der Waals surface area contributed by atoms with Gasteiger partial charge in [-0.2, -0.15) is 17.4 Å². The molecule has 34 heavy (non-hydrogen) atoms. The number of carboxylic acids is 1. The first kappa shape index (κ1) is 26.4. The minimum Gasteiger partial charge on any atom is -0.480 e. The molecule has 1 fully saturated rings. The third-order valence-electron chi connectivity index (χ3n) is 5.71. The lowest BCUT2D eigenvalue weighted by atomic mass is 10.0. The molecule has 1 amide bonds. The van der Waals surface area contributed by atoms with Gasteiger partial charge in [-0.15, -0.1) is 0 Å². The van der Waals surface area contributed by atoms with Crippen LogP contribution < -0.4 is 10.0 Å². The molecule has 184 valence electrons. The number of halogens is 2. The van der Waals surface area contributed by atoms with Gasteiger partial charge >= 0.3 is 5.97 Å². The molecule has 2 aromatic rings. The van der Waals surface area contributed by atoms with Crippen LogP contribution in [0.4, 0.5) is 5.69 Å². The van der Waals surface area contributed by atoms with Crippen LogP contribution in [0, 0.1) is 0 Å². The van der Waals surface area contributed by atoms with Gasteiger partial charge in [0.15, 0.2) is 0 Å². The molecule has 1 aliphatic heterocycles. The van der Waals surface area contributed by atoms with Gasteiger partial charge in [-0.05, 0) is 50.8 Å². The predicted molar refractivity (Wildman–Crippen MR) is 130 cm³/mol. The Hall–Kier alpha value is -2.24. The van der Waals surface area contributed by atoms with Crippen LogP contribution in [-0.4, -0.2) is 52.8 Å². The molecule has 0 radical (unpaired) electrons. The van der Waals surface area contributed by atoms with E-state index in [4.69, 9.17) is 23.2 Å². The molecule has 3 N–H and O–H groups in total. The SMILES string of the molecule is CC1CCCC(C)N1S(=O)(=O)N[C@@H](Cc1ccc(NC(=O)c2c(Cl)cncc2Cl)cc1)C(=O)O. The van der Waals surface area contributed by atoms with Crippen LogP contribution in [0.3, 0.4) is 0 Å². The van der Waals surface area contributed by atoms with Gasteiger partial charge in [0.1, 0.15) is 6.04 Å². The number of anilines is 1. The zero-order valence-corrected chi connectivity index (χ0v) is 21.0. The van der Waals surface area contributed by atoms with E-state index in [0.29, 0.717) is 11.3 Å². The number of amides is 1. The largest absolute Gasteiger partial charge is 0.480 e. The summed E-state index contributed by atoms with van der Waals surface area (Å²) >= 11 is 12.0. The summed E-state index contributed by atoms with van der Waals surface area (Å²) in [5, 5.41) is 12.5. The van der Waals surface area contributed by atoms with E-state index in [1.807, 2.05) is 13.8 Å². The first-order valence-corrected chi connectivity index (χ1v) is 12.9. The summed E-state index contributed by atoms with van der Waals surface area (Å²) in [4.78, 5) is 28.1. The van der Waals surface area contributed by atoms with Crippen molar-refractivity contribution < 1.29 is 23.1 Å². The van der Waals surface area contributed by atoms with Crippen LogP contribution in [0.2, 0.25) is 10.0 Å². The standard InChI is InChI=1S/C22H26Cl2N4O5S/c1-13-4-3-5-14(2)28(13)34(32,33)27-19(22(30)31)10-15-6-8-16(9-7-15)26-21(29)20-17(23)11-25-12-18(20)24/h6-9,11-14,19,27H,3-5,10H2,1-2H3,(H,26,29)(H,30,31)/t13?,14?,19-/m0/s1. The Morgan fingerprint density at radius 1 is 1.12 bits per heavy atom. The fourth-order valence-corrected chi connectivity index (χ4v) is 6.43. The van der Waals surface area contributed by atoms with Crippen LogP contribution in [0.1, 0.15) is 49.0 Å². The predicted octanol–water partition coefficient (Wildman–Crippen LogP) is 3.73. The molecule has 0 bridgehead atoms. The highest BCUT2D eigenvalue weighted by molar-refractivity contribution is 7.87. The van der Waals surface area contributed by atoms with E-state index in [0.717, 1.165) is 19.3 Å². The van der Waals surface area contributed by atoms with Crippen molar-refractivity contribution in [3.63, 3.8) is 0 Å². The van der Waals surface area contributed by atoms with Crippen LogP contribution in [0.5, 0.6) is 0 Å². The Bertz CT molecular complexity index is 1130. The molecule has 3 atom stereocenters. The van der Waals surface area contributed by atoms with E-state index in [9.17, 15) is 23.1 Å². The average molecular weight is 529 g/mol. The van der Waals surface area contributed by atoms with Gasteiger partial charge in [0.2, 0.25) is 0 Å². The highest BCUT2D eigenvalue weighted by atomic mass is 35.5. The Morgan fingerprint density at radius 2 is 1.68 bits per heavy atom. The molecule has 2 unspecified atom stereocenters. The van der Waals surface area contributed by atoms with Crippen molar-refractivity contribution in [1.82, 2.24) is 14.0 Å². The lowest BCUT2D eigenvalue weighted by Gasteiger charge is -2.38. The summed E-state index contributed by atoms with van der Waals surface area (Å²) in [6.45, 7) is 3.65. The van der Waals surface area contributed by atoms with Crippen molar-refractivity contribution in [2.24, 2.45) is 0 Å². The molecule has 0 spiro atoms. The second-order valence-electron chi connectivity index (χ2n) is 8.31. The van der Waals surface area contributed by atoms with Crippen molar-refractivity contribution in [3.8, 4) is 0 Å². The number of carbonyl (C=O) groups excluding carboxylic acids is 1. The van der Waals surface area contributed by atoms with E-state index in [1.54, 1.807) is 24.3 Å². The second-order valence-corrected chi connectivity index (χ2v) is 10.7. The summed E-state index contributed by atoms with van der Waals surface area (Å²) in [6, 6.07) is 4.63. The Labute approximate surface area is 208 Å². The number of pyridine rings is 1. The van der Waals surface area contributed by atoms with Crippen LogP contribution >= 0.6 is 23.2 Å². The highest BCUT2D eigenvalue weighted by Crippen LogP contribution is 2.26. The number of benzene rings is 1. The summed E-state index contributed by atoms with van der Waals surface area (Å²) in [5.74, 6) is -1.80. The maximum atomic E-state index is 13.0. The number of aliphatic carboxylic acids is 1. The zero-order valence-electron chi connectivity index (χ0n) is 18.7. The third kappa shape index (κ3) is 6.25. The van der Waals surface area contributed by atoms with Gasteiger partial charge in [-0.25, -0.2) is 0 Å². The summed E-state index contributed by atoms with van der Waals surface area (Å²) in [5.41, 5.74) is 1.10. The molecule has 1 aromatic carbocycles. The first-order chi connectivity index (χ1) is 16.0. The summed E-state index contributed by atoms with van der Waals surface area (Å²) < 4.78 is 29.6. The van der Waals surface area contributed by atoms with Gasteiger partial charge in [-0.3, -0.25) is 14.6 Å². The Kier molecular flexibility index (Phi) is 8.53. The van der Waals surface area contributed by atoms with Gasteiger partial charge in [0, 0.05) is 30.2 Å². The molecule has 9 nitrogen and oxygen atoms in total. The molecule has 1 aliphatic rings. The van der Waals surface area contributed by atoms with Crippen LogP contribution in [0.15, 0.2) is 36.7 Å². The monoisotopic (exact) mass is 528 g/mol. The number of nitrogens with one attached hydrogen (secondary N) is 2. The molecule has 2 heterocycles. The Morgan fingerprint density at radius 3 is 2.21 bits per heavy atom. The van der Waals surface area contributed by atoms with Gasteiger partial charge in [-0.1, -0.05) is 41.8 Å². The van der Waals surface area contributed by atoms with Gasteiger partial charge in [0.05, 0.1) is 15.6 Å². The summed E-state index contributed by atoms with van der Waals surface area (Å²) in [6.07, 6.45) is 4.94.